The van der Waals surface area contributed by atoms with Crippen molar-refractivity contribution in [1.82, 2.24) is 15.6 Å². The van der Waals surface area contributed by atoms with Crippen molar-refractivity contribution in [1.29, 1.82) is 5.26 Å². The van der Waals surface area contributed by atoms with Gasteiger partial charge >= 0.3 is 12.4 Å². The Kier molecular flexibility index (Phi) is 8.22. The van der Waals surface area contributed by atoms with Crippen LogP contribution >= 0.6 is 23.2 Å². The van der Waals surface area contributed by atoms with E-state index in [1.165, 1.54) is 13.1 Å². The Hall–Kier alpha value is -3.24. The Morgan fingerprint density at radius 3 is 2.12 bits per heavy atom. The molecule has 0 saturated carbocycles. The normalized spacial score (nSPS) is 13.6. The van der Waals surface area contributed by atoms with E-state index in [0.29, 0.717) is 18.2 Å². The summed E-state index contributed by atoms with van der Waals surface area (Å²) in [5.74, 6) is -1.25. The Labute approximate surface area is 198 Å². The van der Waals surface area contributed by atoms with Crippen LogP contribution in [0.4, 0.5) is 32.0 Å². The molecule has 3 N–H and O–H groups in total. The molecule has 182 valence electrons. The van der Waals surface area contributed by atoms with E-state index >= 15 is 0 Å². The van der Waals surface area contributed by atoms with E-state index in [1.54, 1.807) is 0 Å². The molecule has 1 atom stereocenters. The predicted molar refractivity (Wildman–Crippen MR) is 112 cm³/mol. The lowest BCUT2D eigenvalue weighted by molar-refractivity contribution is -0.141. The number of halogens is 8. The van der Waals surface area contributed by atoms with Crippen LogP contribution in [0, 0.1) is 11.5 Å². The molecule has 0 bridgehead atoms. The summed E-state index contributed by atoms with van der Waals surface area (Å²) >= 11 is 12.1. The zero-order valence-electron chi connectivity index (χ0n) is 16.9. The highest BCUT2D eigenvalue weighted by molar-refractivity contribution is 6.48. The van der Waals surface area contributed by atoms with Crippen molar-refractivity contribution in [2.75, 3.05) is 5.32 Å². The smallest absolute Gasteiger partial charge is 0.328 e. The third kappa shape index (κ3) is 7.67. The lowest BCUT2D eigenvalue weighted by Gasteiger charge is -2.25. The standard InChI is InChI=1S/C19H14Cl2F6N6O/c1-17(20,21)15(32-14(34)10-2-4-11(5-3-10)18(22,23)24)33-16(30-9-28)31-12-6-7-13(29-8-12)19(25,26)27/h2-8,15H,1H3,(H,32,34)(H2,30,31,33). The van der Waals surface area contributed by atoms with Gasteiger partial charge in [0, 0.05) is 5.56 Å². The van der Waals surface area contributed by atoms with Crippen LogP contribution in [0.5, 0.6) is 0 Å². The van der Waals surface area contributed by atoms with Crippen molar-refractivity contribution in [3.8, 4) is 6.19 Å². The Morgan fingerprint density at radius 2 is 1.68 bits per heavy atom. The van der Waals surface area contributed by atoms with Crippen LogP contribution in [0.1, 0.15) is 28.5 Å². The third-order valence-corrected chi connectivity index (χ3v) is 4.38. The number of carbonyl (C=O) groups is 1. The molecule has 0 aliphatic carbocycles. The molecule has 0 radical (unpaired) electrons. The number of alkyl halides is 8. The SMILES string of the molecule is CC(Cl)(Cl)C(/N=C(\NC#N)Nc1ccc(C(F)(F)F)nc1)NC(=O)c1ccc(C(F)(F)F)cc1. The molecular formula is C19H14Cl2F6N6O. The van der Waals surface area contributed by atoms with Gasteiger partial charge in [0.1, 0.15) is 5.69 Å². The molecule has 1 amide bonds. The summed E-state index contributed by atoms with van der Waals surface area (Å²) in [5.41, 5.74) is -2.29. The monoisotopic (exact) mass is 526 g/mol. The quantitative estimate of drug-likeness (QED) is 0.128. The molecule has 2 aromatic rings. The zero-order valence-corrected chi connectivity index (χ0v) is 18.4. The van der Waals surface area contributed by atoms with Crippen LogP contribution < -0.4 is 16.0 Å². The summed E-state index contributed by atoms with van der Waals surface area (Å²) < 4.78 is 74.3. The van der Waals surface area contributed by atoms with Crippen molar-refractivity contribution < 1.29 is 31.1 Å². The van der Waals surface area contributed by atoms with Crippen molar-refractivity contribution in [2.24, 2.45) is 4.99 Å². The van der Waals surface area contributed by atoms with E-state index in [1.807, 2.05) is 0 Å². The van der Waals surface area contributed by atoms with Crippen molar-refractivity contribution in [2.45, 2.75) is 29.8 Å². The van der Waals surface area contributed by atoms with Gasteiger partial charge in [-0.05, 0) is 43.3 Å². The minimum atomic E-state index is -4.66. The van der Waals surface area contributed by atoms with Crippen molar-refractivity contribution in [3.05, 3.63) is 59.4 Å². The highest BCUT2D eigenvalue weighted by atomic mass is 35.5. The molecule has 0 spiro atoms. The summed E-state index contributed by atoms with van der Waals surface area (Å²) in [6.07, 6.45) is -8.35. The first kappa shape index (κ1) is 27.0. The number of nitriles is 1. The first-order valence-electron chi connectivity index (χ1n) is 9.00. The van der Waals surface area contributed by atoms with Gasteiger partial charge in [-0.25, -0.2) is 9.98 Å². The number of hydrogen-bond donors (Lipinski definition) is 3. The third-order valence-electron chi connectivity index (χ3n) is 3.97. The first-order chi connectivity index (χ1) is 15.6. The topological polar surface area (TPSA) is 102 Å². The van der Waals surface area contributed by atoms with Crippen LogP contribution in [-0.2, 0) is 12.4 Å². The summed E-state index contributed by atoms with van der Waals surface area (Å²) in [7, 11) is 0. The number of nitrogens with one attached hydrogen (secondary N) is 3. The fourth-order valence-corrected chi connectivity index (χ4v) is 2.55. The number of aromatic nitrogens is 1. The number of nitrogens with zero attached hydrogens (tertiary/aromatic N) is 3. The Bertz CT molecular complexity index is 1070. The van der Waals surface area contributed by atoms with Crippen LogP contribution in [0.25, 0.3) is 0 Å². The summed E-state index contributed by atoms with van der Waals surface area (Å²) in [6.45, 7) is 1.24. The molecule has 15 heteroatoms. The maximum atomic E-state index is 12.7. The second kappa shape index (κ2) is 10.4. The fraction of sp³-hybridized carbons (Fsp3) is 0.263. The van der Waals surface area contributed by atoms with Gasteiger partial charge in [-0.1, -0.05) is 23.2 Å². The minimum absolute atomic E-state index is 0.00633. The molecule has 0 fully saturated rings. The molecule has 1 unspecified atom stereocenters. The summed E-state index contributed by atoms with van der Waals surface area (Å²) in [4.78, 5) is 19.7. The maximum absolute atomic E-state index is 12.7. The first-order valence-corrected chi connectivity index (χ1v) is 9.76. The summed E-state index contributed by atoms with van der Waals surface area (Å²) in [5, 5.41) is 15.9. The Morgan fingerprint density at radius 1 is 1.06 bits per heavy atom. The molecular weight excluding hydrogens is 513 g/mol. The van der Waals surface area contributed by atoms with Crippen LogP contribution in [0.3, 0.4) is 0 Å². The van der Waals surface area contributed by atoms with E-state index in [0.717, 1.165) is 24.4 Å². The number of benzene rings is 1. The van der Waals surface area contributed by atoms with Gasteiger partial charge in [-0.3, -0.25) is 10.1 Å². The fourth-order valence-electron chi connectivity index (χ4n) is 2.34. The molecule has 2 rings (SSSR count). The van der Waals surface area contributed by atoms with E-state index in [9.17, 15) is 31.1 Å². The largest absolute Gasteiger partial charge is 0.433 e. The summed E-state index contributed by atoms with van der Waals surface area (Å²) in [6, 6.07) is 4.97. The lowest BCUT2D eigenvalue weighted by Crippen LogP contribution is -2.45. The second-order valence-corrected chi connectivity index (χ2v) is 8.44. The van der Waals surface area contributed by atoms with Gasteiger partial charge in [0.05, 0.1) is 17.4 Å². The molecule has 1 aromatic heterocycles. The van der Waals surface area contributed by atoms with Gasteiger partial charge < -0.3 is 10.6 Å². The minimum Gasteiger partial charge on any atom is -0.328 e. The average molecular weight is 527 g/mol. The highest BCUT2D eigenvalue weighted by Gasteiger charge is 2.34. The van der Waals surface area contributed by atoms with Crippen molar-refractivity contribution in [3.63, 3.8) is 0 Å². The van der Waals surface area contributed by atoms with E-state index in [2.05, 4.69) is 25.9 Å². The van der Waals surface area contributed by atoms with Gasteiger partial charge in [-0.15, -0.1) is 0 Å². The van der Waals surface area contributed by atoms with E-state index in [-0.39, 0.29) is 17.2 Å². The Balaban J connectivity index is 2.26. The average Bonchev–Trinajstić information content (AvgIpc) is 2.72. The number of guanidine groups is 1. The van der Waals surface area contributed by atoms with Crippen molar-refractivity contribution >= 4 is 40.8 Å². The molecule has 34 heavy (non-hydrogen) atoms. The second-order valence-electron chi connectivity index (χ2n) is 6.68. The molecule has 7 nitrogen and oxygen atoms in total. The molecule has 1 heterocycles. The molecule has 1 aromatic carbocycles. The number of carbonyl (C=O) groups excluding carboxylic acids is 1. The van der Waals surface area contributed by atoms with Gasteiger partial charge in [0.2, 0.25) is 5.96 Å². The maximum Gasteiger partial charge on any atom is 0.433 e. The van der Waals surface area contributed by atoms with Gasteiger partial charge in [-0.2, -0.15) is 31.6 Å². The van der Waals surface area contributed by atoms with Gasteiger partial charge in [0.25, 0.3) is 5.91 Å². The molecule has 0 aliphatic heterocycles. The number of rotatable bonds is 5. The van der Waals surface area contributed by atoms with Gasteiger partial charge in [0.15, 0.2) is 16.7 Å². The number of aliphatic imine (C=N–C) groups is 1. The predicted octanol–water partition coefficient (Wildman–Crippen LogP) is 4.91. The van der Waals surface area contributed by atoms with E-state index < -0.39 is 40.0 Å². The zero-order chi connectivity index (χ0) is 25.7. The number of pyridine rings is 1. The van der Waals surface area contributed by atoms with E-state index in [4.69, 9.17) is 28.5 Å². The number of amides is 1. The number of anilines is 1. The molecule has 0 saturated heterocycles. The van der Waals surface area contributed by atoms with Crippen LogP contribution in [-0.4, -0.2) is 27.3 Å². The lowest BCUT2D eigenvalue weighted by atomic mass is 10.1. The highest BCUT2D eigenvalue weighted by Crippen LogP contribution is 2.30. The number of hydrogen-bond acceptors (Lipinski definition) is 4. The molecule has 0 aliphatic rings. The van der Waals surface area contributed by atoms with Crippen LogP contribution in [0.2, 0.25) is 0 Å². The van der Waals surface area contributed by atoms with Crippen LogP contribution in [0.15, 0.2) is 47.6 Å².